The molecule has 0 saturated heterocycles. The van der Waals surface area contributed by atoms with Gasteiger partial charge in [-0.3, -0.25) is 10.0 Å². The third-order valence-electron chi connectivity index (χ3n) is 10.8. The Balaban J connectivity index is 1.11. The Morgan fingerprint density at radius 1 is 0.444 bits per heavy atom. The number of carbonyl (C=O) groups is 1. The van der Waals surface area contributed by atoms with Crippen LogP contribution in [0.4, 0.5) is 0 Å². The Hall–Kier alpha value is -3.65. The number of amides is 1. The van der Waals surface area contributed by atoms with Crippen LogP contribution in [0.5, 0.6) is 0 Å². The van der Waals surface area contributed by atoms with E-state index in [1.165, 1.54) is 90.2 Å². The second-order valence-corrected chi connectivity index (χ2v) is 21.0. The van der Waals surface area contributed by atoms with Crippen LogP contribution in [0.2, 0.25) is 0 Å². The fourth-order valence-corrected chi connectivity index (χ4v) is 15.3. The van der Waals surface area contributed by atoms with Crippen LogP contribution in [0.15, 0.2) is 152 Å². The molecule has 5 aromatic carbocycles. The summed E-state index contributed by atoms with van der Waals surface area (Å²) in [5.74, 6) is 0. The maximum absolute atomic E-state index is 10.8. The van der Waals surface area contributed by atoms with Crippen molar-refractivity contribution in [3.8, 4) is 0 Å². The van der Waals surface area contributed by atoms with Crippen molar-refractivity contribution in [2.45, 2.75) is 70.6 Å². The standard InChI is InChI=1S/C48H62N2O2P2/c51-43-50(52)40-24-10-23-39-49(37-21-1-3-25-41-53(44-27-11-5-12-28-44)45-29-13-6-14-30-45)38-22-2-4-26-42-54(46-31-15-7-16-32-46,47-33-17-8-18-34-47)48-35-19-9-20-36-48/h5-9,11-20,27-36,43,52,54H,1-4,10,21-26,37-42H2. The number of unbranched alkanes of at least 4 members (excludes halogenated alkanes) is 8. The molecular weight excluding hydrogens is 698 g/mol. The van der Waals surface area contributed by atoms with E-state index in [1.807, 2.05) is 0 Å². The minimum absolute atomic E-state index is 0.314. The molecule has 5 aromatic rings. The zero-order valence-corrected chi connectivity index (χ0v) is 34.1. The van der Waals surface area contributed by atoms with E-state index >= 15 is 0 Å². The van der Waals surface area contributed by atoms with Crippen molar-refractivity contribution in [3.05, 3.63) is 152 Å². The molecule has 0 fully saturated rings. The number of benzene rings is 5. The number of carbonyl (C=O) groups excluding carboxylic acids is 1. The van der Waals surface area contributed by atoms with E-state index in [9.17, 15) is 10.0 Å². The molecule has 0 bridgehead atoms. The van der Waals surface area contributed by atoms with E-state index < -0.39 is 7.26 Å². The molecular formula is C48H62N2O2P2. The number of hydrogen-bond donors (Lipinski definition) is 1. The van der Waals surface area contributed by atoms with Crippen molar-refractivity contribution in [1.29, 1.82) is 0 Å². The summed E-state index contributed by atoms with van der Waals surface area (Å²) in [4.78, 5) is 13.5. The molecule has 0 aliphatic rings. The topological polar surface area (TPSA) is 43.8 Å². The van der Waals surface area contributed by atoms with E-state index in [0.29, 0.717) is 13.0 Å². The fraction of sp³-hybridized carbons (Fsp3) is 0.354. The van der Waals surface area contributed by atoms with Gasteiger partial charge < -0.3 is 0 Å². The number of hydroxylamine groups is 2. The minimum atomic E-state index is -2.17. The van der Waals surface area contributed by atoms with Crippen LogP contribution in [0.3, 0.4) is 0 Å². The van der Waals surface area contributed by atoms with E-state index in [4.69, 9.17) is 0 Å². The SMILES string of the molecule is O=CN(O)CCCCCN(CCCCCCP(c1ccccc1)c1ccccc1)CCCCCC[PH](c1ccccc1)(c1ccccc1)c1ccccc1. The predicted molar refractivity (Wildman–Crippen MR) is 237 cm³/mol. The summed E-state index contributed by atoms with van der Waals surface area (Å²) >= 11 is 0. The quantitative estimate of drug-likeness (QED) is 0.0201. The van der Waals surface area contributed by atoms with Crippen LogP contribution < -0.4 is 26.5 Å². The first-order chi connectivity index (χ1) is 26.7. The monoisotopic (exact) mass is 760 g/mol. The van der Waals surface area contributed by atoms with E-state index in [2.05, 4.69) is 157 Å². The van der Waals surface area contributed by atoms with Gasteiger partial charge in [0.2, 0.25) is 6.41 Å². The molecule has 0 atom stereocenters. The van der Waals surface area contributed by atoms with Crippen LogP contribution in [0, 0.1) is 0 Å². The summed E-state index contributed by atoms with van der Waals surface area (Å²) in [5, 5.41) is 17.7. The number of nitrogens with zero attached hydrogens (tertiary/aromatic N) is 2. The Bertz CT molecular complexity index is 1560. The van der Waals surface area contributed by atoms with Crippen molar-refractivity contribution in [2.24, 2.45) is 0 Å². The van der Waals surface area contributed by atoms with Gasteiger partial charge in [-0.25, -0.2) is 5.06 Å². The van der Waals surface area contributed by atoms with Gasteiger partial charge >= 0.3 is 222 Å². The molecule has 0 aliphatic carbocycles. The molecule has 0 aromatic heterocycles. The van der Waals surface area contributed by atoms with Crippen molar-refractivity contribution in [2.75, 3.05) is 38.5 Å². The van der Waals surface area contributed by atoms with Gasteiger partial charge in [-0.15, -0.1) is 0 Å². The second-order valence-electron chi connectivity index (χ2n) is 14.6. The molecule has 1 amide bonds. The van der Waals surface area contributed by atoms with Crippen molar-refractivity contribution in [3.63, 3.8) is 0 Å². The molecule has 0 radical (unpaired) electrons. The molecule has 0 heterocycles. The molecule has 6 heteroatoms. The van der Waals surface area contributed by atoms with Crippen molar-refractivity contribution in [1.82, 2.24) is 9.96 Å². The van der Waals surface area contributed by atoms with E-state index in [-0.39, 0.29) is 7.92 Å². The summed E-state index contributed by atoms with van der Waals surface area (Å²) in [5.41, 5.74) is 0. The van der Waals surface area contributed by atoms with E-state index in [1.54, 1.807) is 0 Å². The molecule has 0 spiro atoms. The Morgan fingerprint density at radius 3 is 1.22 bits per heavy atom. The molecule has 5 rings (SSSR count). The zero-order valence-electron chi connectivity index (χ0n) is 32.2. The van der Waals surface area contributed by atoms with Gasteiger partial charge in [0.1, 0.15) is 0 Å². The van der Waals surface area contributed by atoms with Gasteiger partial charge in [0, 0.05) is 0 Å². The third-order valence-corrected chi connectivity index (χ3v) is 18.5. The van der Waals surface area contributed by atoms with Gasteiger partial charge in [0.15, 0.2) is 0 Å². The van der Waals surface area contributed by atoms with Gasteiger partial charge in [0.25, 0.3) is 0 Å². The molecule has 286 valence electrons. The van der Waals surface area contributed by atoms with Crippen molar-refractivity contribution < 1.29 is 10.0 Å². The first-order valence-electron chi connectivity index (χ1n) is 20.4. The number of hydrogen-bond acceptors (Lipinski definition) is 3. The zero-order chi connectivity index (χ0) is 37.5. The van der Waals surface area contributed by atoms with Crippen LogP contribution >= 0.6 is 15.2 Å². The summed E-state index contributed by atoms with van der Waals surface area (Å²) < 4.78 is 0. The van der Waals surface area contributed by atoms with Crippen LogP contribution in [-0.4, -0.2) is 60.1 Å². The first-order valence-corrected chi connectivity index (χ1v) is 24.1. The summed E-state index contributed by atoms with van der Waals surface area (Å²) in [6, 6.07) is 56.1. The maximum atomic E-state index is 10.8. The molecule has 54 heavy (non-hydrogen) atoms. The Morgan fingerprint density at radius 2 is 0.796 bits per heavy atom. The van der Waals surface area contributed by atoms with Crippen LogP contribution in [0.25, 0.3) is 0 Å². The molecule has 4 nitrogen and oxygen atoms in total. The molecule has 1 N–H and O–H groups in total. The molecule has 0 aliphatic heterocycles. The summed E-state index contributed by atoms with van der Waals surface area (Å²) in [7, 11) is -2.48. The van der Waals surface area contributed by atoms with Gasteiger partial charge in [0.05, 0.1) is 0 Å². The van der Waals surface area contributed by atoms with Crippen LogP contribution in [0.1, 0.15) is 70.6 Å². The fourth-order valence-electron chi connectivity index (χ4n) is 7.94. The Kier molecular flexibility index (Phi) is 18.4. The molecule has 0 unspecified atom stereocenters. The van der Waals surface area contributed by atoms with Gasteiger partial charge in [-0.05, 0) is 24.7 Å². The Labute approximate surface area is 327 Å². The summed E-state index contributed by atoms with van der Waals surface area (Å²) in [6.45, 7) is 3.80. The normalized spacial score (nSPS) is 11.9. The molecule has 0 saturated carbocycles. The van der Waals surface area contributed by atoms with Gasteiger partial charge in [-0.2, -0.15) is 0 Å². The van der Waals surface area contributed by atoms with Crippen molar-refractivity contribution >= 4 is 48.1 Å². The van der Waals surface area contributed by atoms with Gasteiger partial charge in [-0.1, -0.05) is 60.7 Å². The predicted octanol–water partition coefficient (Wildman–Crippen LogP) is 9.29. The average Bonchev–Trinajstić information content (AvgIpc) is 3.24. The third kappa shape index (κ3) is 13.0. The van der Waals surface area contributed by atoms with E-state index in [0.717, 1.165) is 44.0 Å². The second kappa shape index (κ2) is 24.0. The van der Waals surface area contributed by atoms with Crippen LogP contribution in [-0.2, 0) is 4.79 Å². The number of rotatable bonds is 26. The first kappa shape index (κ1) is 41.5. The summed E-state index contributed by atoms with van der Waals surface area (Å²) in [6.07, 6.45) is 15.9. The average molecular weight is 761 g/mol.